The second kappa shape index (κ2) is 8.88. The number of hydrogen-bond acceptors (Lipinski definition) is 13. The number of fused-ring (bicyclic) bond motifs is 1. The van der Waals surface area contributed by atoms with Crippen LogP contribution in [0.1, 0.15) is 27.2 Å². The van der Waals surface area contributed by atoms with Gasteiger partial charge in [0, 0.05) is 22.7 Å². The summed E-state index contributed by atoms with van der Waals surface area (Å²) >= 11 is 0. The summed E-state index contributed by atoms with van der Waals surface area (Å²) in [6, 6.07) is 0. The fourth-order valence-corrected chi connectivity index (χ4v) is 9.22. The van der Waals surface area contributed by atoms with E-state index in [4.69, 9.17) is 18.9 Å². The lowest BCUT2D eigenvalue weighted by molar-refractivity contribution is -0.354. The molecule has 0 aromatic rings. The Balaban J connectivity index is 1.42. The van der Waals surface area contributed by atoms with E-state index in [1.54, 1.807) is 26.8 Å². The molecule has 17 unspecified atom stereocenters. The highest BCUT2D eigenvalue weighted by molar-refractivity contribution is 5.76. The Hall–Kier alpha value is -1.23. The Labute approximate surface area is 224 Å². The van der Waals surface area contributed by atoms with Gasteiger partial charge in [0.15, 0.2) is 18.2 Å². The molecule has 2 saturated carbocycles. The average molecular weight is 559 g/mol. The minimum Gasteiger partial charge on any atom is -0.460 e. The Morgan fingerprint density at radius 1 is 1.08 bits per heavy atom. The maximum absolute atomic E-state index is 12.7. The maximum Gasteiger partial charge on any atom is 0.335 e. The van der Waals surface area contributed by atoms with Crippen LogP contribution in [-0.4, -0.2) is 127 Å². The molecule has 220 valence electrons. The fourth-order valence-electron chi connectivity index (χ4n) is 9.22. The van der Waals surface area contributed by atoms with Gasteiger partial charge in [-0.05, 0) is 25.2 Å². The van der Waals surface area contributed by atoms with Gasteiger partial charge in [0.25, 0.3) is 0 Å². The van der Waals surface area contributed by atoms with E-state index in [1.807, 2.05) is 0 Å². The number of aliphatic hydroxyl groups is 8. The molecule has 3 aliphatic heterocycles. The van der Waals surface area contributed by atoms with Crippen molar-refractivity contribution in [3.63, 3.8) is 0 Å². The minimum atomic E-state index is -2.13. The third-order valence-corrected chi connectivity index (χ3v) is 10.9. The normalized spacial score (nSPS) is 60.2. The van der Waals surface area contributed by atoms with Gasteiger partial charge in [-0.25, -0.2) is 4.79 Å². The highest BCUT2D eigenvalue weighted by Gasteiger charge is 2.83. The van der Waals surface area contributed by atoms with E-state index in [0.717, 1.165) is 5.57 Å². The van der Waals surface area contributed by atoms with Crippen LogP contribution in [-0.2, 0) is 23.7 Å². The summed E-state index contributed by atoms with van der Waals surface area (Å²) in [5.41, 5.74) is -1.64. The lowest BCUT2D eigenvalue weighted by Crippen LogP contribution is -2.78. The smallest absolute Gasteiger partial charge is 0.335 e. The Kier molecular flexibility index (Phi) is 6.36. The summed E-state index contributed by atoms with van der Waals surface area (Å²) in [5.74, 6) is -5.92. The average Bonchev–Trinajstić information content (AvgIpc) is 3.18. The van der Waals surface area contributed by atoms with E-state index in [2.05, 4.69) is 0 Å². The molecular weight excluding hydrogens is 520 g/mol. The predicted molar refractivity (Wildman–Crippen MR) is 126 cm³/mol. The van der Waals surface area contributed by atoms with Crippen LogP contribution >= 0.6 is 0 Å². The van der Waals surface area contributed by atoms with Gasteiger partial charge in [0.2, 0.25) is 0 Å². The number of hydrogen-bond donors (Lipinski definition) is 8. The molecule has 6 aliphatic rings. The molecule has 8 N–H and O–H groups in total. The van der Waals surface area contributed by atoms with Gasteiger partial charge in [0.05, 0.1) is 19.3 Å². The first-order valence-electron chi connectivity index (χ1n) is 13.5. The maximum atomic E-state index is 12.7. The van der Waals surface area contributed by atoms with Crippen LogP contribution in [0.4, 0.5) is 0 Å². The van der Waals surface area contributed by atoms with Crippen molar-refractivity contribution >= 4 is 5.97 Å². The Bertz CT molecular complexity index is 1050. The Morgan fingerprint density at radius 3 is 2.44 bits per heavy atom. The van der Waals surface area contributed by atoms with Gasteiger partial charge in [-0.1, -0.05) is 25.5 Å². The zero-order valence-corrected chi connectivity index (χ0v) is 21.9. The van der Waals surface area contributed by atoms with Crippen LogP contribution in [0, 0.1) is 34.5 Å². The fraction of sp³-hybridized carbons (Fsp3) is 0.885. The monoisotopic (exact) mass is 558 g/mol. The van der Waals surface area contributed by atoms with E-state index in [1.165, 1.54) is 0 Å². The summed E-state index contributed by atoms with van der Waals surface area (Å²) in [5, 5.41) is 86.6. The van der Waals surface area contributed by atoms with Crippen molar-refractivity contribution in [2.45, 2.75) is 94.2 Å². The van der Waals surface area contributed by atoms with E-state index >= 15 is 0 Å². The van der Waals surface area contributed by atoms with Gasteiger partial charge < -0.3 is 59.8 Å². The van der Waals surface area contributed by atoms with Crippen LogP contribution in [0.2, 0.25) is 0 Å². The molecule has 0 radical (unpaired) electrons. The molecule has 3 saturated heterocycles. The number of carbonyl (C=O) groups excluding carboxylic acids is 1. The third-order valence-electron chi connectivity index (χ3n) is 10.9. The molecule has 17 atom stereocenters. The molecule has 13 nitrogen and oxygen atoms in total. The summed E-state index contributed by atoms with van der Waals surface area (Å²) in [6.45, 7) is 4.43. The first kappa shape index (κ1) is 27.9. The molecule has 0 amide bonds. The lowest BCUT2D eigenvalue weighted by atomic mass is 9.38. The number of allylic oxidation sites excluding steroid dienone is 1. The quantitative estimate of drug-likeness (QED) is 0.126. The van der Waals surface area contributed by atoms with E-state index in [0.29, 0.717) is 0 Å². The van der Waals surface area contributed by atoms with Crippen molar-refractivity contribution in [3.05, 3.63) is 11.6 Å². The van der Waals surface area contributed by atoms with Crippen molar-refractivity contribution in [2.75, 3.05) is 13.2 Å². The SMILES string of the molecule is CC1=CC(OC2OC(CO)C(O)C(O)C2O)C(O)C2(C)C1CC1OC(=O)C(O)C3C(C)C(O)C4(O)OCC13C42. The van der Waals surface area contributed by atoms with Crippen molar-refractivity contribution in [2.24, 2.45) is 34.5 Å². The van der Waals surface area contributed by atoms with Crippen LogP contribution in [0.25, 0.3) is 0 Å². The molecule has 2 bridgehead atoms. The zero-order valence-electron chi connectivity index (χ0n) is 21.9. The van der Waals surface area contributed by atoms with Crippen LogP contribution in [0.5, 0.6) is 0 Å². The number of rotatable bonds is 3. The molecule has 6 rings (SSSR count). The first-order chi connectivity index (χ1) is 18.2. The summed E-state index contributed by atoms with van der Waals surface area (Å²) < 4.78 is 23.2. The number of aliphatic hydroxyl groups excluding tert-OH is 7. The molecule has 0 aromatic heterocycles. The zero-order chi connectivity index (χ0) is 28.4. The highest BCUT2D eigenvalue weighted by Crippen LogP contribution is 2.73. The highest BCUT2D eigenvalue weighted by atomic mass is 16.7. The van der Waals surface area contributed by atoms with Crippen LogP contribution < -0.4 is 0 Å². The topological polar surface area (TPSA) is 216 Å². The van der Waals surface area contributed by atoms with Gasteiger partial charge in [-0.2, -0.15) is 0 Å². The summed E-state index contributed by atoms with van der Waals surface area (Å²) in [7, 11) is 0. The summed E-state index contributed by atoms with van der Waals surface area (Å²) in [6.07, 6.45) is -12.1. The van der Waals surface area contributed by atoms with Crippen LogP contribution in [0.15, 0.2) is 11.6 Å². The molecule has 5 fully saturated rings. The Morgan fingerprint density at radius 2 is 1.77 bits per heavy atom. The largest absolute Gasteiger partial charge is 0.460 e. The lowest BCUT2D eigenvalue weighted by Gasteiger charge is -2.68. The van der Waals surface area contributed by atoms with E-state index in [9.17, 15) is 45.6 Å². The van der Waals surface area contributed by atoms with E-state index < -0.39 is 114 Å². The number of carbonyl (C=O) groups is 1. The predicted octanol–water partition coefficient (Wildman–Crippen LogP) is -3.25. The van der Waals surface area contributed by atoms with Gasteiger partial charge in [-0.3, -0.25) is 0 Å². The van der Waals surface area contributed by atoms with Crippen molar-refractivity contribution in [1.82, 2.24) is 0 Å². The molecular formula is C26H38O13. The van der Waals surface area contributed by atoms with Crippen LogP contribution in [0.3, 0.4) is 0 Å². The molecule has 1 spiro atoms. The van der Waals surface area contributed by atoms with Crippen molar-refractivity contribution < 1.29 is 64.6 Å². The minimum absolute atomic E-state index is 0.106. The third kappa shape index (κ3) is 3.32. The van der Waals surface area contributed by atoms with Gasteiger partial charge in [0.1, 0.15) is 42.7 Å². The van der Waals surface area contributed by atoms with E-state index in [-0.39, 0.29) is 13.0 Å². The number of ether oxygens (including phenoxy) is 4. The molecule has 3 heterocycles. The second-order valence-corrected chi connectivity index (χ2v) is 12.6. The molecule has 0 aromatic carbocycles. The van der Waals surface area contributed by atoms with Gasteiger partial charge in [-0.15, -0.1) is 0 Å². The molecule has 39 heavy (non-hydrogen) atoms. The van der Waals surface area contributed by atoms with Crippen molar-refractivity contribution in [1.29, 1.82) is 0 Å². The molecule has 13 heteroatoms. The number of esters is 1. The standard InChI is InChI=1S/C26H38O13/c1-8-4-11(37-22-18(31)17(30)15(28)12(6-27)38-22)20(33)24(3)10(8)5-13-25-7-36-26(35,23(24)25)19(32)9(2)14(25)16(29)21(34)39-13/h4,9-20,22-23,27-33,35H,5-7H2,1-3H3. The second-order valence-electron chi connectivity index (χ2n) is 12.6. The summed E-state index contributed by atoms with van der Waals surface area (Å²) in [4.78, 5) is 12.7. The van der Waals surface area contributed by atoms with Crippen molar-refractivity contribution in [3.8, 4) is 0 Å². The first-order valence-corrected chi connectivity index (χ1v) is 13.5. The van der Waals surface area contributed by atoms with Gasteiger partial charge >= 0.3 is 5.97 Å². The molecule has 3 aliphatic carbocycles.